The highest BCUT2D eigenvalue weighted by Gasteiger charge is 2.30. The predicted molar refractivity (Wildman–Crippen MR) is 79.3 cm³/mol. The summed E-state index contributed by atoms with van der Waals surface area (Å²) >= 11 is 0. The highest BCUT2D eigenvalue weighted by Crippen LogP contribution is 2.32. The molecule has 0 saturated heterocycles. The number of Topliss-reactive ketones (excluding diaryl/α,β-unsaturated/α-hetero) is 1. The maximum atomic E-state index is 12.1. The van der Waals surface area contributed by atoms with Gasteiger partial charge in [-0.15, -0.1) is 0 Å². The first kappa shape index (κ1) is 16.6. The molecule has 1 aliphatic carbocycles. The van der Waals surface area contributed by atoms with E-state index in [0.29, 0.717) is 11.7 Å². The molecule has 1 aliphatic rings. The van der Waals surface area contributed by atoms with Crippen molar-refractivity contribution in [3.63, 3.8) is 0 Å². The Morgan fingerprint density at radius 2 is 2.11 bits per heavy atom. The van der Waals surface area contributed by atoms with Gasteiger partial charge in [-0.2, -0.15) is 0 Å². The molecule has 1 fully saturated rings. The number of hydrogen-bond donors (Lipinski definition) is 0. The summed E-state index contributed by atoms with van der Waals surface area (Å²) in [6.07, 6.45) is 2.97. The van der Waals surface area contributed by atoms with Crippen molar-refractivity contribution in [2.75, 3.05) is 32.8 Å². The molecule has 0 bridgehead atoms. The molecule has 0 heterocycles. The normalized spacial score (nSPS) is 24.4. The van der Waals surface area contributed by atoms with E-state index in [1.54, 1.807) is 0 Å². The quantitative estimate of drug-likeness (QED) is 0.634. The Balaban J connectivity index is 2.44. The van der Waals surface area contributed by atoms with Gasteiger partial charge in [-0.1, -0.05) is 20.8 Å². The fourth-order valence-electron chi connectivity index (χ4n) is 2.96. The van der Waals surface area contributed by atoms with E-state index in [1.807, 2.05) is 6.92 Å². The molecule has 2 unspecified atom stereocenters. The number of ether oxygens (including phenoxy) is 1. The zero-order valence-electron chi connectivity index (χ0n) is 13.2. The molecule has 0 radical (unpaired) electrons. The number of likely N-dealkylation sites (N-methyl/N-ethyl adjacent to an activating group) is 1. The average molecular weight is 269 g/mol. The Kier molecular flexibility index (Phi) is 7.62. The molecule has 1 rings (SSSR count). The number of carbonyl (C=O) groups is 1. The maximum Gasteiger partial charge on any atom is 0.137 e. The number of nitrogens with zero attached hydrogens (tertiary/aromatic N) is 1. The smallest absolute Gasteiger partial charge is 0.137 e. The van der Waals surface area contributed by atoms with E-state index in [0.717, 1.165) is 58.0 Å². The van der Waals surface area contributed by atoms with Gasteiger partial charge in [0.05, 0.1) is 6.61 Å². The SMILES string of the molecule is CCOCCN(CC)CC1CC(C(C)C)CCC1=O. The summed E-state index contributed by atoms with van der Waals surface area (Å²) in [5.74, 6) is 2.16. The topological polar surface area (TPSA) is 29.5 Å². The molecule has 0 aromatic rings. The molecule has 0 amide bonds. The van der Waals surface area contributed by atoms with Crippen LogP contribution in [-0.4, -0.2) is 43.5 Å². The van der Waals surface area contributed by atoms with Crippen molar-refractivity contribution in [1.82, 2.24) is 4.90 Å². The van der Waals surface area contributed by atoms with Crippen LogP contribution >= 0.6 is 0 Å². The van der Waals surface area contributed by atoms with E-state index in [-0.39, 0.29) is 5.92 Å². The molecule has 2 atom stereocenters. The third-order valence-electron chi connectivity index (χ3n) is 4.43. The van der Waals surface area contributed by atoms with Gasteiger partial charge in [0.15, 0.2) is 0 Å². The van der Waals surface area contributed by atoms with Gasteiger partial charge in [0.25, 0.3) is 0 Å². The van der Waals surface area contributed by atoms with Crippen LogP contribution in [0, 0.1) is 17.8 Å². The lowest BCUT2D eigenvalue weighted by Gasteiger charge is -2.33. The van der Waals surface area contributed by atoms with Crippen LogP contribution in [0.3, 0.4) is 0 Å². The van der Waals surface area contributed by atoms with Crippen molar-refractivity contribution >= 4 is 5.78 Å². The highest BCUT2D eigenvalue weighted by atomic mass is 16.5. The van der Waals surface area contributed by atoms with Crippen LogP contribution in [0.25, 0.3) is 0 Å². The Morgan fingerprint density at radius 1 is 1.37 bits per heavy atom. The molecular formula is C16H31NO2. The summed E-state index contributed by atoms with van der Waals surface area (Å²) in [5.41, 5.74) is 0. The van der Waals surface area contributed by atoms with Gasteiger partial charge in [-0.3, -0.25) is 4.79 Å². The molecule has 3 heteroatoms. The van der Waals surface area contributed by atoms with E-state index in [2.05, 4.69) is 25.7 Å². The first-order valence-corrected chi connectivity index (χ1v) is 7.91. The number of hydrogen-bond acceptors (Lipinski definition) is 3. The summed E-state index contributed by atoms with van der Waals surface area (Å²) in [6.45, 7) is 13.2. The van der Waals surface area contributed by atoms with Crippen LogP contribution < -0.4 is 0 Å². The van der Waals surface area contributed by atoms with E-state index in [4.69, 9.17) is 4.74 Å². The molecule has 0 N–H and O–H groups in total. The van der Waals surface area contributed by atoms with Crippen LogP contribution in [0.4, 0.5) is 0 Å². The molecule has 0 aromatic heterocycles. The molecule has 112 valence electrons. The van der Waals surface area contributed by atoms with Crippen molar-refractivity contribution < 1.29 is 9.53 Å². The lowest BCUT2D eigenvalue weighted by molar-refractivity contribution is -0.126. The molecule has 0 aliphatic heterocycles. The summed E-state index contributed by atoms with van der Waals surface area (Å²) in [7, 11) is 0. The molecule has 0 aromatic carbocycles. The van der Waals surface area contributed by atoms with Crippen LogP contribution in [0.2, 0.25) is 0 Å². The fraction of sp³-hybridized carbons (Fsp3) is 0.938. The minimum Gasteiger partial charge on any atom is -0.380 e. The summed E-state index contributed by atoms with van der Waals surface area (Å²) < 4.78 is 5.41. The number of carbonyl (C=O) groups excluding carboxylic acids is 1. The van der Waals surface area contributed by atoms with Crippen LogP contribution in [0.1, 0.15) is 47.0 Å². The van der Waals surface area contributed by atoms with E-state index in [9.17, 15) is 4.79 Å². The highest BCUT2D eigenvalue weighted by molar-refractivity contribution is 5.82. The molecule has 1 saturated carbocycles. The Labute approximate surface area is 118 Å². The molecular weight excluding hydrogens is 238 g/mol. The van der Waals surface area contributed by atoms with Gasteiger partial charge in [0.2, 0.25) is 0 Å². The maximum absolute atomic E-state index is 12.1. The third kappa shape index (κ3) is 5.62. The number of rotatable bonds is 8. The van der Waals surface area contributed by atoms with E-state index < -0.39 is 0 Å². The second-order valence-electron chi connectivity index (χ2n) is 6.03. The van der Waals surface area contributed by atoms with Crippen molar-refractivity contribution in [2.24, 2.45) is 17.8 Å². The summed E-state index contributed by atoms with van der Waals surface area (Å²) in [6, 6.07) is 0. The Bertz CT molecular complexity index is 265. The van der Waals surface area contributed by atoms with Crippen molar-refractivity contribution in [1.29, 1.82) is 0 Å². The fourth-order valence-corrected chi connectivity index (χ4v) is 2.96. The minimum absolute atomic E-state index is 0.253. The Hall–Kier alpha value is -0.410. The van der Waals surface area contributed by atoms with Gasteiger partial charge in [0, 0.05) is 32.0 Å². The first-order valence-electron chi connectivity index (χ1n) is 7.91. The molecule has 19 heavy (non-hydrogen) atoms. The lowest BCUT2D eigenvalue weighted by Crippen LogP contribution is -2.39. The van der Waals surface area contributed by atoms with Crippen LogP contribution in [0.5, 0.6) is 0 Å². The zero-order valence-corrected chi connectivity index (χ0v) is 13.2. The number of ketones is 1. The largest absolute Gasteiger partial charge is 0.380 e. The molecule has 0 spiro atoms. The first-order chi connectivity index (χ1) is 9.08. The second-order valence-corrected chi connectivity index (χ2v) is 6.03. The van der Waals surface area contributed by atoms with E-state index >= 15 is 0 Å². The lowest BCUT2D eigenvalue weighted by atomic mass is 9.75. The van der Waals surface area contributed by atoms with Crippen molar-refractivity contribution in [3.05, 3.63) is 0 Å². The van der Waals surface area contributed by atoms with Crippen molar-refractivity contribution in [3.8, 4) is 0 Å². The Morgan fingerprint density at radius 3 is 2.68 bits per heavy atom. The standard InChI is InChI=1S/C16H31NO2/c1-5-17(9-10-19-6-2)12-15-11-14(13(3)4)7-8-16(15)18/h13-15H,5-12H2,1-4H3. The average Bonchev–Trinajstić information content (AvgIpc) is 2.39. The molecule has 3 nitrogen and oxygen atoms in total. The minimum atomic E-state index is 0.253. The zero-order chi connectivity index (χ0) is 14.3. The summed E-state index contributed by atoms with van der Waals surface area (Å²) in [5, 5.41) is 0. The van der Waals surface area contributed by atoms with Gasteiger partial charge < -0.3 is 9.64 Å². The summed E-state index contributed by atoms with van der Waals surface area (Å²) in [4.78, 5) is 14.4. The van der Waals surface area contributed by atoms with Gasteiger partial charge in [-0.25, -0.2) is 0 Å². The van der Waals surface area contributed by atoms with Gasteiger partial charge in [-0.05, 0) is 38.1 Å². The monoisotopic (exact) mass is 269 g/mol. The van der Waals surface area contributed by atoms with Crippen LogP contribution in [0.15, 0.2) is 0 Å². The second kappa shape index (κ2) is 8.70. The van der Waals surface area contributed by atoms with Crippen molar-refractivity contribution in [2.45, 2.75) is 47.0 Å². The predicted octanol–water partition coefficient (Wildman–Crippen LogP) is 2.99. The van der Waals surface area contributed by atoms with Gasteiger partial charge >= 0.3 is 0 Å². The van der Waals surface area contributed by atoms with Gasteiger partial charge in [0.1, 0.15) is 5.78 Å². The third-order valence-corrected chi connectivity index (χ3v) is 4.43. The van der Waals surface area contributed by atoms with E-state index in [1.165, 1.54) is 0 Å². The van der Waals surface area contributed by atoms with Crippen LogP contribution in [-0.2, 0) is 9.53 Å².